The molecule has 1 aromatic rings. The number of rotatable bonds is 4. The van der Waals surface area contributed by atoms with E-state index < -0.39 is 11.8 Å². The maximum atomic E-state index is 13.4. The van der Waals surface area contributed by atoms with Crippen LogP contribution in [0.2, 0.25) is 0 Å². The Kier molecular flexibility index (Phi) is 3.87. The van der Waals surface area contributed by atoms with Crippen LogP contribution in [0.4, 0.5) is 14.9 Å². The predicted octanol–water partition coefficient (Wildman–Crippen LogP) is 2.48. The number of anilines is 1. The van der Waals surface area contributed by atoms with Gasteiger partial charge in [0.05, 0.1) is 12.3 Å². The molecule has 1 saturated carbocycles. The van der Waals surface area contributed by atoms with E-state index in [9.17, 15) is 9.18 Å². The maximum Gasteiger partial charge on any atom is 0.319 e. The van der Waals surface area contributed by atoms with Gasteiger partial charge < -0.3 is 15.7 Å². The molecule has 0 aromatic heterocycles. The van der Waals surface area contributed by atoms with Gasteiger partial charge in [0, 0.05) is 16.4 Å². The zero-order chi connectivity index (χ0) is 13.2. The monoisotopic (exact) mass is 316 g/mol. The summed E-state index contributed by atoms with van der Waals surface area (Å²) in [5, 5.41) is 14.2. The molecule has 98 valence electrons. The third kappa shape index (κ3) is 3.20. The van der Waals surface area contributed by atoms with Gasteiger partial charge in [-0.05, 0) is 31.0 Å². The molecule has 0 radical (unpaired) electrons. The number of benzene rings is 1. The first-order valence-electron chi connectivity index (χ1n) is 5.65. The summed E-state index contributed by atoms with van der Waals surface area (Å²) >= 11 is 3.21. The lowest BCUT2D eigenvalue weighted by Gasteiger charge is -2.13. The fourth-order valence-corrected chi connectivity index (χ4v) is 1.96. The van der Waals surface area contributed by atoms with Crippen LogP contribution >= 0.6 is 15.9 Å². The number of hydrogen-bond donors (Lipinski definition) is 3. The van der Waals surface area contributed by atoms with Crippen LogP contribution in [-0.4, -0.2) is 24.3 Å². The summed E-state index contributed by atoms with van der Waals surface area (Å²) in [5.41, 5.74) is -0.0385. The van der Waals surface area contributed by atoms with E-state index in [4.69, 9.17) is 5.11 Å². The molecule has 4 nitrogen and oxygen atoms in total. The largest absolute Gasteiger partial charge is 0.396 e. The van der Waals surface area contributed by atoms with E-state index in [0.29, 0.717) is 11.0 Å². The zero-order valence-electron chi connectivity index (χ0n) is 9.67. The topological polar surface area (TPSA) is 61.4 Å². The second-order valence-corrected chi connectivity index (χ2v) is 5.51. The molecule has 3 N–H and O–H groups in total. The van der Waals surface area contributed by atoms with E-state index >= 15 is 0 Å². The van der Waals surface area contributed by atoms with Crippen LogP contribution in [-0.2, 0) is 0 Å². The molecule has 0 unspecified atom stereocenters. The summed E-state index contributed by atoms with van der Waals surface area (Å²) in [6.07, 6.45) is 1.82. The molecule has 0 atom stereocenters. The Morgan fingerprint density at radius 2 is 2.22 bits per heavy atom. The van der Waals surface area contributed by atoms with Crippen molar-refractivity contribution in [2.45, 2.75) is 12.8 Å². The van der Waals surface area contributed by atoms with Gasteiger partial charge in [0.1, 0.15) is 5.82 Å². The molecule has 1 aromatic carbocycles. The smallest absolute Gasteiger partial charge is 0.319 e. The molecule has 2 rings (SSSR count). The molecular formula is C12H14BrFN2O2. The van der Waals surface area contributed by atoms with Gasteiger partial charge in [-0.15, -0.1) is 0 Å². The van der Waals surface area contributed by atoms with E-state index in [1.54, 1.807) is 6.07 Å². The SMILES string of the molecule is O=C(NCC1(CO)CC1)Nc1cc(Br)ccc1F. The lowest BCUT2D eigenvalue weighted by atomic mass is 10.1. The van der Waals surface area contributed by atoms with Gasteiger partial charge in [-0.1, -0.05) is 15.9 Å². The number of aliphatic hydroxyl groups excluding tert-OH is 1. The van der Waals surface area contributed by atoms with E-state index in [1.807, 2.05) is 0 Å². The summed E-state index contributed by atoms with van der Waals surface area (Å²) in [6, 6.07) is 3.86. The fourth-order valence-electron chi connectivity index (χ4n) is 1.60. The van der Waals surface area contributed by atoms with Crippen LogP contribution in [0.15, 0.2) is 22.7 Å². The van der Waals surface area contributed by atoms with Gasteiger partial charge in [0.2, 0.25) is 0 Å². The molecule has 0 heterocycles. The lowest BCUT2D eigenvalue weighted by Crippen LogP contribution is -2.35. The van der Waals surface area contributed by atoms with Crippen molar-refractivity contribution in [2.75, 3.05) is 18.5 Å². The number of halogens is 2. The van der Waals surface area contributed by atoms with E-state index in [2.05, 4.69) is 26.6 Å². The Hall–Kier alpha value is -1.14. The van der Waals surface area contributed by atoms with Crippen molar-refractivity contribution in [1.29, 1.82) is 0 Å². The van der Waals surface area contributed by atoms with Crippen molar-refractivity contribution < 1.29 is 14.3 Å². The van der Waals surface area contributed by atoms with E-state index in [-0.39, 0.29) is 17.7 Å². The normalized spacial score (nSPS) is 16.2. The first kappa shape index (κ1) is 13.3. The highest BCUT2D eigenvalue weighted by Crippen LogP contribution is 2.44. The van der Waals surface area contributed by atoms with Gasteiger partial charge in [0.15, 0.2) is 0 Å². The fraction of sp³-hybridized carbons (Fsp3) is 0.417. The molecule has 0 aliphatic heterocycles. The molecule has 6 heteroatoms. The minimum absolute atomic E-state index is 0.0680. The van der Waals surface area contributed by atoms with E-state index in [1.165, 1.54) is 12.1 Å². The third-order valence-electron chi connectivity index (χ3n) is 3.09. The molecule has 1 fully saturated rings. The van der Waals surface area contributed by atoms with Crippen molar-refractivity contribution in [1.82, 2.24) is 5.32 Å². The summed E-state index contributed by atoms with van der Waals surface area (Å²) < 4.78 is 14.1. The summed E-state index contributed by atoms with van der Waals surface area (Å²) in [6.45, 7) is 0.476. The first-order chi connectivity index (χ1) is 8.54. The Balaban J connectivity index is 1.89. The Morgan fingerprint density at radius 1 is 1.50 bits per heavy atom. The lowest BCUT2D eigenvalue weighted by molar-refractivity contribution is 0.206. The van der Waals surface area contributed by atoms with Crippen molar-refractivity contribution in [3.8, 4) is 0 Å². The quantitative estimate of drug-likeness (QED) is 0.799. The molecule has 0 bridgehead atoms. The first-order valence-corrected chi connectivity index (χ1v) is 6.45. The van der Waals surface area contributed by atoms with Gasteiger partial charge in [0.25, 0.3) is 0 Å². The van der Waals surface area contributed by atoms with Gasteiger partial charge in [-0.25, -0.2) is 9.18 Å². The summed E-state index contributed by atoms with van der Waals surface area (Å²) in [4.78, 5) is 11.6. The Labute approximate surface area is 113 Å². The number of hydrogen-bond acceptors (Lipinski definition) is 2. The predicted molar refractivity (Wildman–Crippen MR) is 69.9 cm³/mol. The van der Waals surface area contributed by atoms with Crippen molar-refractivity contribution >= 4 is 27.6 Å². The van der Waals surface area contributed by atoms with Gasteiger partial charge in [-0.3, -0.25) is 0 Å². The van der Waals surface area contributed by atoms with Gasteiger partial charge in [-0.2, -0.15) is 0 Å². The van der Waals surface area contributed by atoms with Crippen LogP contribution in [0.25, 0.3) is 0 Å². The molecule has 2 amide bonds. The minimum atomic E-state index is -0.489. The van der Waals surface area contributed by atoms with Crippen molar-refractivity contribution in [2.24, 2.45) is 5.41 Å². The van der Waals surface area contributed by atoms with Crippen molar-refractivity contribution in [3.63, 3.8) is 0 Å². The highest BCUT2D eigenvalue weighted by molar-refractivity contribution is 9.10. The molecule has 0 saturated heterocycles. The van der Waals surface area contributed by atoms with Crippen LogP contribution in [0.5, 0.6) is 0 Å². The molecule has 1 aliphatic carbocycles. The zero-order valence-corrected chi connectivity index (χ0v) is 11.3. The molecule has 0 spiro atoms. The summed E-state index contributed by atoms with van der Waals surface area (Å²) in [7, 11) is 0. The molecule has 18 heavy (non-hydrogen) atoms. The molecular weight excluding hydrogens is 303 g/mol. The highest BCUT2D eigenvalue weighted by atomic mass is 79.9. The third-order valence-corrected chi connectivity index (χ3v) is 3.59. The van der Waals surface area contributed by atoms with E-state index in [0.717, 1.165) is 12.8 Å². The molecule has 1 aliphatic rings. The highest BCUT2D eigenvalue weighted by Gasteiger charge is 2.42. The Morgan fingerprint density at radius 3 is 2.83 bits per heavy atom. The second-order valence-electron chi connectivity index (χ2n) is 4.59. The average molecular weight is 317 g/mol. The second kappa shape index (κ2) is 5.24. The van der Waals surface area contributed by atoms with Gasteiger partial charge >= 0.3 is 6.03 Å². The minimum Gasteiger partial charge on any atom is -0.396 e. The van der Waals surface area contributed by atoms with Crippen LogP contribution in [0.3, 0.4) is 0 Å². The standard InChI is InChI=1S/C12H14BrFN2O2/c13-8-1-2-9(14)10(5-8)16-11(18)15-6-12(7-17)3-4-12/h1-2,5,17H,3-4,6-7H2,(H2,15,16,18). The van der Waals surface area contributed by atoms with Crippen LogP contribution in [0, 0.1) is 11.2 Å². The van der Waals surface area contributed by atoms with Crippen LogP contribution < -0.4 is 10.6 Å². The number of carbonyl (C=O) groups excluding carboxylic acids is 1. The van der Waals surface area contributed by atoms with Crippen molar-refractivity contribution in [3.05, 3.63) is 28.5 Å². The number of aliphatic hydroxyl groups is 1. The van der Waals surface area contributed by atoms with Crippen LogP contribution in [0.1, 0.15) is 12.8 Å². The number of urea groups is 1. The number of amides is 2. The summed E-state index contributed by atoms with van der Waals surface area (Å²) in [5.74, 6) is -0.489. The maximum absolute atomic E-state index is 13.4. The Bertz CT molecular complexity index is 463. The number of carbonyl (C=O) groups is 1. The average Bonchev–Trinajstić information content (AvgIpc) is 3.12. The number of nitrogens with one attached hydrogen (secondary N) is 2.